The van der Waals surface area contributed by atoms with E-state index in [1.807, 2.05) is 37.3 Å². The van der Waals surface area contributed by atoms with Crippen LogP contribution in [-0.2, 0) is 16.1 Å². The van der Waals surface area contributed by atoms with Gasteiger partial charge in [-0.1, -0.05) is 55.8 Å². The predicted octanol–water partition coefficient (Wildman–Crippen LogP) is 5.15. The summed E-state index contributed by atoms with van der Waals surface area (Å²) >= 11 is 0. The standard InChI is InChI=1S/C36H47N5O5/c1-25-21-41(26(2)24-42)36(45)29-20-28(18-19-32(29)46-33(25)23-40(3)22-27-12-6-4-7-13-27)38-34(43)16-8-5-9-17-35(44)39-31-15-11-10-14-30(31)37/h4,6-7,10-15,18-20,25-26,33,42H,5,8-9,16-17,21-24,37H2,1-3H3,(H,38,43)(H,39,44)/t25-,26+,33-/m0/s1. The third-order valence-electron chi connectivity index (χ3n) is 8.28. The Morgan fingerprint density at radius 2 is 1.67 bits per heavy atom. The van der Waals surface area contributed by atoms with Gasteiger partial charge in [-0.25, -0.2) is 0 Å². The van der Waals surface area contributed by atoms with Crippen LogP contribution < -0.4 is 21.1 Å². The first-order chi connectivity index (χ1) is 22.1. The van der Waals surface area contributed by atoms with Gasteiger partial charge in [0.1, 0.15) is 11.9 Å². The molecule has 0 spiro atoms. The van der Waals surface area contributed by atoms with E-state index >= 15 is 0 Å². The van der Waals surface area contributed by atoms with Crippen molar-refractivity contribution in [3.05, 3.63) is 83.9 Å². The maximum atomic E-state index is 13.7. The van der Waals surface area contributed by atoms with E-state index in [2.05, 4.69) is 41.6 Å². The molecule has 3 amide bonds. The molecule has 5 N–H and O–H groups in total. The number of anilines is 3. The number of carbonyl (C=O) groups is 3. The van der Waals surface area contributed by atoms with Gasteiger partial charge >= 0.3 is 0 Å². The summed E-state index contributed by atoms with van der Waals surface area (Å²) in [6.45, 7) is 5.57. The molecule has 0 bridgehead atoms. The molecule has 1 aliphatic heterocycles. The fraction of sp³-hybridized carbons (Fsp3) is 0.417. The van der Waals surface area contributed by atoms with Gasteiger partial charge in [-0.3, -0.25) is 19.3 Å². The number of aliphatic hydroxyl groups is 1. The third kappa shape index (κ3) is 9.79. The zero-order valence-corrected chi connectivity index (χ0v) is 27.1. The van der Waals surface area contributed by atoms with E-state index < -0.39 is 0 Å². The van der Waals surface area contributed by atoms with Crippen LogP contribution in [0.3, 0.4) is 0 Å². The normalized spacial score (nSPS) is 17.0. The van der Waals surface area contributed by atoms with Crippen molar-refractivity contribution < 1.29 is 24.2 Å². The van der Waals surface area contributed by atoms with Crippen molar-refractivity contribution in [1.29, 1.82) is 0 Å². The van der Waals surface area contributed by atoms with Gasteiger partial charge in [-0.2, -0.15) is 0 Å². The number of carbonyl (C=O) groups excluding carboxylic acids is 3. The molecule has 0 unspecified atom stereocenters. The van der Waals surface area contributed by atoms with Gasteiger partial charge in [0.2, 0.25) is 11.8 Å². The Balaban J connectivity index is 1.35. The molecule has 46 heavy (non-hydrogen) atoms. The first-order valence-electron chi connectivity index (χ1n) is 16.0. The molecule has 0 fully saturated rings. The Hall–Kier alpha value is -4.41. The average molecular weight is 630 g/mol. The summed E-state index contributed by atoms with van der Waals surface area (Å²) in [5.74, 6) is -0.0648. The molecule has 10 heteroatoms. The van der Waals surface area contributed by atoms with Gasteiger partial charge in [0.15, 0.2) is 0 Å². The van der Waals surface area contributed by atoms with Crippen molar-refractivity contribution in [2.75, 3.05) is 43.1 Å². The van der Waals surface area contributed by atoms with Crippen LogP contribution in [-0.4, -0.2) is 71.5 Å². The molecule has 10 nitrogen and oxygen atoms in total. The Morgan fingerprint density at radius 3 is 2.37 bits per heavy atom. The first-order valence-corrected chi connectivity index (χ1v) is 16.0. The highest BCUT2D eigenvalue weighted by Gasteiger charge is 2.33. The lowest BCUT2D eigenvalue weighted by Gasteiger charge is -2.38. The lowest BCUT2D eigenvalue weighted by atomic mass is 9.99. The van der Waals surface area contributed by atoms with E-state index in [4.69, 9.17) is 10.5 Å². The van der Waals surface area contributed by atoms with E-state index in [1.54, 1.807) is 35.2 Å². The van der Waals surface area contributed by atoms with Crippen molar-refractivity contribution in [2.45, 2.75) is 64.6 Å². The summed E-state index contributed by atoms with van der Waals surface area (Å²) in [5.41, 5.74) is 9.06. The highest BCUT2D eigenvalue weighted by molar-refractivity contribution is 6.00. The first kappa shape index (κ1) is 34.5. The number of hydrogen-bond donors (Lipinski definition) is 4. The second kappa shape index (κ2) is 16.8. The number of unbranched alkanes of at least 4 members (excludes halogenated alkanes) is 2. The van der Waals surface area contributed by atoms with E-state index in [9.17, 15) is 19.5 Å². The van der Waals surface area contributed by atoms with Crippen LogP contribution in [0.1, 0.15) is 61.9 Å². The smallest absolute Gasteiger partial charge is 0.258 e. The monoisotopic (exact) mass is 629 g/mol. The Morgan fingerprint density at radius 1 is 1.00 bits per heavy atom. The molecule has 0 aromatic heterocycles. The SMILES string of the molecule is C[C@H](CO)N1C[C@H](C)[C@H](CN(C)Cc2ccccc2)Oc2ccc(NC(=O)CCCCCC(=O)Nc3ccccc3N)cc2C1=O. The number of para-hydroxylation sites is 2. The van der Waals surface area contributed by atoms with Crippen LogP contribution in [0.4, 0.5) is 17.1 Å². The highest BCUT2D eigenvalue weighted by Crippen LogP contribution is 2.31. The zero-order chi connectivity index (χ0) is 33.1. The third-order valence-corrected chi connectivity index (χ3v) is 8.28. The van der Waals surface area contributed by atoms with E-state index in [-0.39, 0.29) is 48.8 Å². The average Bonchev–Trinajstić information content (AvgIpc) is 3.04. The summed E-state index contributed by atoms with van der Waals surface area (Å²) in [6.07, 6.45) is 2.41. The Bertz CT molecular complexity index is 1470. The topological polar surface area (TPSA) is 137 Å². The molecule has 4 rings (SSSR count). The predicted molar refractivity (Wildman–Crippen MR) is 182 cm³/mol. The summed E-state index contributed by atoms with van der Waals surface area (Å²) in [4.78, 5) is 42.7. The van der Waals surface area contributed by atoms with Gasteiger partial charge in [-0.05, 0) is 62.7 Å². The van der Waals surface area contributed by atoms with Crippen molar-refractivity contribution >= 4 is 34.8 Å². The van der Waals surface area contributed by atoms with E-state index in [0.717, 1.165) is 6.54 Å². The van der Waals surface area contributed by atoms with Crippen LogP contribution in [0.25, 0.3) is 0 Å². The number of nitrogens with zero attached hydrogens (tertiary/aromatic N) is 2. The van der Waals surface area contributed by atoms with Gasteiger partial charge in [0.05, 0.1) is 29.6 Å². The van der Waals surface area contributed by atoms with Crippen LogP contribution >= 0.6 is 0 Å². The molecule has 1 aliphatic rings. The van der Waals surface area contributed by atoms with E-state index in [1.165, 1.54) is 5.56 Å². The molecule has 246 valence electrons. The Labute approximate surface area is 271 Å². The fourth-order valence-electron chi connectivity index (χ4n) is 5.58. The number of rotatable bonds is 14. The van der Waals surface area contributed by atoms with Crippen LogP contribution in [0.5, 0.6) is 5.75 Å². The molecule has 0 saturated carbocycles. The number of hydrogen-bond acceptors (Lipinski definition) is 7. The zero-order valence-electron chi connectivity index (χ0n) is 27.1. The molecule has 3 aromatic rings. The van der Waals surface area contributed by atoms with Crippen molar-refractivity contribution in [3.8, 4) is 5.75 Å². The van der Waals surface area contributed by atoms with Crippen LogP contribution in [0, 0.1) is 5.92 Å². The van der Waals surface area contributed by atoms with E-state index in [0.29, 0.717) is 67.1 Å². The number of benzene rings is 3. The number of nitrogen functional groups attached to an aromatic ring is 1. The number of amides is 3. The molecule has 3 atom stereocenters. The summed E-state index contributed by atoms with van der Waals surface area (Å²) in [7, 11) is 2.05. The summed E-state index contributed by atoms with van der Waals surface area (Å²) < 4.78 is 6.50. The minimum atomic E-state index is -0.381. The Kier molecular flexibility index (Phi) is 12.6. The second-order valence-corrected chi connectivity index (χ2v) is 12.3. The van der Waals surface area contributed by atoms with Crippen LogP contribution in [0.2, 0.25) is 0 Å². The number of nitrogens with one attached hydrogen (secondary N) is 2. The number of fused-ring (bicyclic) bond motifs is 1. The number of ether oxygens (including phenoxy) is 1. The quantitative estimate of drug-likeness (QED) is 0.143. The minimum absolute atomic E-state index is 0.00579. The largest absolute Gasteiger partial charge is 0.488 e. The summed E-state index contributed by atoms with van der Waals surface area (Å²) in [6, 6.07) is 22.1. The maximum Gasteiger partial charge on any atom is 0.258 e. The number of nitrogens with two attached hydrogens (primary N) is 1. The van der Waals surface area contributed by atoms with Gasteiger partial charge < -0.3 is 31.1 Å². The lowest BCUT2D eigenvalue weighted by molar-refractivity contribution is -0.116. The number of likely N-dealkylation sites (N-methyl/N-ethyl adjacent to an activating group) is 1. The van der Waals surface area contributed by atoms with Gasteiger partial charge in [0, 0.05) is 44.1 Å². The second-order valence-electron chi connectivity index (χ2n) is 12.3. The lowest BCUT2D eigenvalue weighted by Crippen LogP contribution is -2.49. The number of aliphatic hydroxyl groups excluding tert-OH is 1. The van der Waals surface area contributed by atoms with Crippen molar-refractivity contribution in [2.24, 2.45) is 5.92 Å². The fourth-order valence-corrected chi connectivity index (χ4v) is 5.58. The van der Waals surface area contributed by atoms with Crippen molar-refractivity contribution in [1.82, 2.24) is 9.80 Å². The molecule has 1 heterocycles. The summed E-state index contributed by atoms with van der Waals surface area (Å²) in [5, 5.41) is 15.7. The molecular weight excluding hydrogens is 582 g/mol. The molecule has 0 radical (unpaired) electrons. The molecule has 0 aliphatic carbocycles. The molecule has 3 aromatic carbocycles. The molecular formula is C36H47N5O5. The molecule has 0 saturated heterocycles. The van der Waals surface area contributed by atoms with Crippen molar-refractivity contribution in [3.63, 3.8) is 0 Å². The maximum absolute atomic E-state index is 13.7. The minimum Gasteiger partial charge on any atom is -0.488 e. The van der Waals surface area contributed by atoms with Crippen LogP contribution in [0.15, 0.2) is 72.8 Å². The van der Waals surface area contributed by atoms with Gasteiger partial charge in [-0.15, -0.1) is 0 Å². The van der Waals surface area contributed by atoms with Gasteiger partial charge in [0.25, 0.3) is 5.91 Å². The highest BCUT2D eigenvalue weighted by atomic mass is 16.5.